The minimum absolute atomic E-state index is 0.0429. The lowest BCUT2D eigenvalue weighted by Gasteiger charge is -2.43. The Bertz CT molecular complexity index is 701. The van der Waals surface area contributed by atoms with Gasteiger partial charge in [-0.3, -0.25) is 9.59 Å². The summed E-state index contributed by atoms with van der Waals surface area (Å²) in [6.07, 6.45) is -4.70. The molecule has 2 amide bonds. The lowest BCUT2D eigenvalue weighted by molar-refractivity contribution is -0.251. The van der Waals surface area contributed by atoms with E-state index in [1.54, 1.807) is 31.0 Å². The van der Waals surface area contributed by atoms with E-state index in [-0.39, 0.29) is 31.0 Å². The number of amides is 2. The van der Waals surface area contributed by atoms with Crippen LogP contribution in [0.1, 0.15) is 36.2 Å². The summed E-state index contributed by atoms with van der Waals surface area (Å²) in [4.78, 5) is 27.4. The smallest absolute Gasteiger partial charge is 0.373 e. The number of carbonyl (C=O) groups excluding carboxylic acids is 2. The molecule has 1 aliphatic heterocycles. The Morgan fingerprint density at radius 3 is 2.26 bits per heavy atom. The fourth-order valence-corrected chi connectivity index (χ4v) is 3.37. The van der Waals surface area contributed by atoms with Crippen LogP contribution in [0.5, 0.6) is 0 Å². The van der Waals surface area contributed by atoms with Gasteiger partial charge in [-0.15, -0.1) is 0 Å². The van der Waals surface area contributed by atoms with E-state index in [1.807, 2.05) is 19.1 Å². The number of carbonyl (C=O) groups is 2. The molecule has 150 valence electrons. The van der Waals surface area contributed by atoms with Crippen molar-refractivity contribution >= 4 is 11.8 Å². The number of benzene rings is 1. The average molecular weight is 386 g/mol. The van der Waals surface area contributed by atoms with E-state index < -0.39 is 17.7 Å². The molecule has 1 aliphatic rings. The molecule has 0 bridgehead atoms. The second-order valence-corrected chi connectivity index (χ2v) is 7.44. The van der Waals surface area contributed by atoms with Crippen LogP contribution in [-0.2, 0) is 4.79 Å². The maximum Gasteiger partial charge on any atom is 0.426 e. The van der Waals surface area contributed by atoms with Crippen LogP contribution in [-0.4, -0.2) is 64.7 Å². The van der Waals surface area contributed by atoms with Crippen molar-refractivity contribution in [3.05, 3.63) is 35.4 Å². The third-order valence-corrected chi connectivity index (χ3v) is 5.23. The fraction of sp³-hybridized carbons (Fsp3) is 0.579. The molecule has 2 rings (SSSR count). The zero-order valence-electron chi connectivity index (χ0n) is 15.9. The molecule has 1 aromatic carbocycles. The Hall–Kier alpha value is -2.09. The topological polar surface area (TPSA) is 60.9 Å². The second kappa shape index (κ2) is 7.50. The van der Waals surface area contributed by atoms with Crippen molar-refractivity contribution in [1.29, 1.82) is 0 Å². The Kier molecular flexibility index (Phi) is 5.89. The van der Waals surface area contributed by atoms with Gasteiger partial charge in [-0.2, -0.15) is 13.2 Å². The molecule has 0 aliphatic carbocycles. The molecule has 27 heavy (non-hydrogen) atoms. The molecule has 8 heteroatoms. The molecule has 1 heterocycles. The van der Waals surface area contributed by atoms with E-state index in [9.17, 15) is 27.9 Å². The van der Waals surface area contributed by atoms with Gasteiger partial charge in [0.05, 0.1) is 0 Å². The number of rotatable bonds is 3. The van der Waals surface area contributed by atoms with E-state index in [0.717, 1.165) is 10.5 Å². The van der Waals surface area contributed by atoms with Gasteiger partial charge < -0.3 is 14.9 Å². The third kappa shape index (κ3) is 4.26. The molecule has 1 saturated heterocycles. The van der Waals surface area contributed by atoms with Crippen LogP contribution in [0.25, 0.3) is 0 Å². The van der Waals surface area contributed by atoms with Crippen LogP contribution in [0.4, 0.5) is 13.2 Å². The van der Waals surface area contributed by atoms with Gasteiger partial charge in [0, 0.05) is 31.7 Å². The number of nitrogens with zero attached hydrogens (tertiary/aromatic N) is 2. The quantitative estimate of drug-likeness (QED) is 0.869. The number of hydrogen-bond donors (Lipinski definition) is 1. The molecule has 0 saturated carbocycles. The Balaban J connectivity index is 2.07. The van der Waals surface area contributed by atoms with Crippen LogP contribution in [0.3, 0.4) is 0 Å². The normalized spacial score (nSPS) is 22.9. The highest BCUT2D eigenvalue weighted by atomic mass is 19.4. The van der Waals surface area contributed by atoms with Gasteiger partial charge in [-0.05, 0) is 38.3 Å². The molecule has 1 N–H and O–H groups in total. The number of halogens is 3. The maximum atomic E-state index is 12.9. The minimum Gasteiger partial charge on any atom is -0.373 e. The van der Waals surface area contributed by atoms with Gasteiger partial charge >= 0.3 is 6.18 Å². The van der Waals surface area contributed by atoms with Crippen molar-refractivity contribution in [1.82, 2.24) is 9.80 Å². The van der Waals surface area contributed by atoms with Crippen LogP contribution in [0.15, 0.2) is 24.3 Å². The van der Waals surface area contributed by atoms with Gasteiger partial charge in [0.1, 0.15) is 0 Å². The van der Waals surface area contributed by atoms with Gasteiger partial charge in [-0.1, -0.05) is 24.6 Å². The number of aliphatic hydroxyl groups is 1. The summed E-state index contributed by atoms with van der Waals surface area (Å²) >= 11 is 0. The highest BCUT2D eigenvalue weighted by molar-refractivity contribution is 5.94. The maximum absolute atomic E-state index is 12.9. The van der Waals surface area contributed by atoms with Gasteiger partial charge in [-0.25, -0.2) is 0 Å². The van der Waals surface area contributed by atoms with Gasteiger partial charge in [0.2, 0.25) is 5.60 Å². The summed E-state index contributed by atoms with van der Waals surface area (Å²) in [6.45, 7) is 4.26. The molecule has 1 aromatic rings. The summed E-state index contributed by atoms with van der Waals surface area (Å²) in [7, 11) is 1.66. The lowest BCUT2D eigenvalue weighted by atomic mass is 9.90. The highest BCUT2D eigenvalue weighted by Gasteiger charge is 2.57. The largest absolute Gasteiger partial charge is 0.426 e. The number of hydrogen-bond acceptors (Lipinski definition) is 3. The Morgan fingerprint density at radius 2 is 1.78 bits per heavy atom. The van der Waals surface area contributed by atoms with Crippen molar-refractivity contribution in [3.8, 4) is 0 Å². The molecular weight excluding hydrogens is 361 g/mol. The summed E-state index contributed by atoms with van der Waals surface area (Å²) in [5.74, 6) is -1.76. The van der Waals surface area contributed by atoms with E-state index in [2.05, 4.69) is 0 Å². The molecule has 1 fully saturated rings. The van der Waals surface area contributed by atoms with E-state index in [1.165, 1.54) is 0 Å². The first-order valence-corrected chi connectivity index (χ1v) is 8.78. The van der Waals surface area contributed by atoms with Crippen molar-refractivity contribution in [2.45, 2.75) is 45.0 Å². The van der Waals surface area contributed by atoms with Gasteiger partial charge in [0.25, 0.3) is 11.8 Å². The van der Waals surface area contributed by atoms with E-state index in [4.69, 9.17) is 0 Å². The van der Waals surface area contributed by atoms with E-state index >= 15 is 0 Å². The van der Waals surface area contributed by atoms with Crippen molar-refractivity contribution in [2.24, 2.45) is 5.92 Å². The number of piperidine rings is 1. The summed E-state index contributed by atoms with van der Waals surface area (Å²) < 4.78 is 38.7. The Labute approximate surface area is 156 Å². The van der Waals surface area contributed by atoms with Crippen LogP contribution in [0, 0.1) is 12.8 Å². The summed E-state index contributed by atoms with van der Waals surface area (Å²) in [6, 6.07) is 6.94. The van der Waals surface area contributed by atoms with Crippen LogP contribution in [0.2, 0.25) is 0 Å². The zero-order chi connectivity index (χ0) is 20.6. The third-order valence-electron chi connectivity index (χ3n) is 5.23. The van der Waals surface area contributed by atoms with Crippen LogP contribution < -0.4 is 0 Å². The molecular formula is C19H25F3N2O3. The number of alkyl halides is 3. The van der Waals surface area contributed by atoms with E-state index in [0.29, 0.717) is 18.9 Å². The number of likely N-dealkylation sites (tertiary alicyclic amines) is 1. The first-order valence-electron chi connectivity index (χ1n) is 8.78. The van der Waals surface area contributed by atoms with Crippen molar-refractivity contribution in [3.63, 3.8) is 0 Å². The molecule has 3 unspecified atom stereocenters. The van der Waals surface area contributed by atoms with Gasteiger partial charge in [0.15, 0.2) is 0 Å². The first-order chi connectivity index (χ1) is 12.4. The molecule has 0 aromatic heterocycles. The number of aryl methyl sites for hydroxylation is 1. The molecule has 0 spiro atoms. The SMILES string of the molecule is Cc1ccc(C(=O)N(C)C2CCN(C(=O)C(C)(O)C(F)(F)F)CC2C)cc1. The lowest BCUT2D eigenvalue weighted by Crippen LogP contribution is -2.60. The predicted octanol–water partition coefficient (Wildman–Crippen LogP) is 2.62. The molecule has 5 nitrogen and oxygen atoms in total. The molecule has 3 atom stereocenters. The second-order valence-electron chi connectivity index (χ2n) is 7.44. The summed E-state index contributed by atoms with van der Waals surface area (Å²) in [5.41, 5.74) is -1.84. The predicted molar refractivity (Wildman–Crippen MR) is 94.1 cm³/mol. The Morgan fingerprint density at radius 1 is 1.22 bits per heavy atom. The van der Waals surface area contributed by atoms with Crippen molar-refractivity contribution in [2.75, 3.05) is 20.1 Å². The first kappa shape index (κ1) is 21.2. The minimum atomic E-state index is -5.04. The monoisotopic (exact) mass is 386 g/mol. The standard InChI is InChI=1S/C19H25F3N2O3/c1-12-5-7-14(8-6-12)16(25)23(4)15-9-10-24(11-13(15)2)17(26)18(3,27)19(20,21)22/h5-8,13,15,27H,9-11H2,1-4H3. The van der Waals surface area contributed by atoms with Crippen molar-refractivity contribution < 1.29 is 27.9 Å². The zero-order valence-corrected chi connectivity index (χ0v) is 15.9. The average Bonchev–Trinajstić information content (AvgIpc) is 2.59. The summed E-state index contributed by atoms with van der Waals surface area (Å²) in [5, 5.41) is 9.61. The highest BCUT2D eigenvalue weighted by Crippen LogP contribution is 2.33. The fourth-order valence-electron chi connectivity index (χ4n) is 3.37. The van der Waals surface area contributed by atoms with Crippen LogP contribution >= 0.6 is 0 Å². The molecule has 0 radical (unpaired) electrons.